The minimum atomic E-state index is -0.813. The van der Waals surface area contributed by atoms with Crippen LogP contribution >= 0.6 is 12.6 Å². The van der Waals surface area contributed by atoms with Gasteiger partial charge >= 0.3 is 5.63 Å². The number of thiol groups is 1. The second-order valence-corrected chi connectivity index (χ2v) is 6.10. The Labute approximate surface area is 152 Å². The lowest BCUT2D eigenvalue weighted by molar-refractivity contribution is 0.415. The molecule has 0 saturated carbocycles. The Bertz CT molecular complexity index is 1270. The van der Waals surface area contributed by atoms with Gasteiger partial charge in [-0.3, -0.25) is 9.36 Å². The average Bonchev–Trinajstić information content (AvgIpc) is 2.66. The highest BCUT2D eigenvalue weighted by molar-refractivity contribution is 7.80. The maximum atomic E-state index is 13.2. The first-order valence-electron chi connectivity index (χ1n) is 7.70. The van der Waals surface area contributed by atoms with E-state index in [-0.39, 0.29) is 15.9 Å². The first-order valence-corrected chi connectivity index (χ1v) is 8.14. The fraction of sp³-hybridized carbons (Fsp3) is 0.0526. The zero-order valence-electron chi connectivity index (χ0n) is 13.6. The molecule has 1 N–H and O–H groups in total. The molecule has 0 aliphatic rings. The van der Waals surface area contributed by atoms with Gasteiger partial charge in [0, 0.05) is 17.1 Å². The molecule has 0 unspecified atom stereocenters. The normalized spacial score (nSPS) is 11.2. The third-order valence-corrected chi connectivity index (χ3v) is 4.59. The van der Waals surface area contributed by atoms with E-state index < -0.39 is 16.9 Å². The van der Waals surface area contributed by atoms with Crippen molar-refractivity contribution in [2.24, 2.45) is 0 Å². The number of ether oxygens (including phenoxy) is 1. The van der Waals surface area contributed by atoms with Crippen molar-refractivity contribution in [3.63, 3.8) is 0 Å². The monoisotopic (exact) mass is 367 g/mol. The molecule has 0 radical (unpaired) electrons. The Morgan fingerprint density at radius 3 is 2.54 bits per heavy atom. The van der Waals surface area contributed by atoms with Gasteiger partial charge in [0.15, 0.2) is 11.3 Å². The number of aromatic hydroxyl groups is 1. The molecular formula is C19H13NO5S. The van der Waals surface area contributed by atoms with Crippen LogP contribution in [-0.4, -0.2) is 16.8 Å². The van der Waals surface area contributed by atoms with Crippen molar-refractivity contribution >= 4 is 34.5 Å². The minimum Gasteiger partial charge on any atom is -0.506 e. The van der Waals surface area contributed by atoms with E-state index in [1.165, 1.54) is 11.7 Å². The van der Waals surface area contributed by atoms with Crippen LogP contribution in [0.25, 0.3) is 27.6 Å². The number of para-hydroxylation sites is 1. The summed E-state index contributed by atoms with van der Waals surface area (Å²) in [6, 6.07) is 14.0. The molecule has 6 nitrogen and oxygen atoms in total. The van der Waals surface area contributed by atoms with Crippen molar-refractivity contribution in [3.8, 4) is 17.2 Å². The molecular weight excluding hydrogens is 354 g/mol. The standard InChI is InChI=1S/C19H13NO5S/c1-24-11-7-8-12-13(9-11)20(10-5-3-2-4-6-10)18(22)14-15(21)17(26)19(23)25-16(12)14/h2-9,21,26H,1H3. The third kappa shape index (κ3) is 2.28. The highest BCUT2D eigenvalue weighted by atomic mass is 32.1. The zero-order valence-corrected chi connectivity index (χ0v) is 14.5. The van der Waals surface area contributed by atoms with E-state index in [1.807, 2.05) is 6.07 Å². The summed E-state index contributed by atoms with van der Waals surface area (Å²) < 4.78 is 12.0. The van der Waals surface area contributed by atoms with Crippen molar-refractivity contribution < 1.29 is 14.3 Å². The maximum Gasteiger partial charge on any atom is 0.353 e. The molecule has 4 rings (SSSR count). The van der Waals surface area contributed by atoms with Crippen LogP contribution in [0, 0.1) is 0 Å². The van der Waals surface area contributed by atoms with E-state index >= 15 is 0 Å². The van der Waals surface area contributed by atoms with Crippen molar-refractivity contribution in [3.05, 3.63) is 69.3 Å². The van der Waals surface area contributed by atoms with Crippen molar-refractivity contribution in [2.75, 3.05) is 7.11 Å². The molecule has 0 saturated heterocycles. The first-order chi connectivity index (χ1) is 12.5. The van der Waals surface area contributed by atoms with Gasteiger partial charge in [-0.05, 0) is 24.3 Å². The van der Waals surface area contributed by atoms with Crippen LogP contribution in [0.1, 0.15) is 0 Å². The Balaban J connectivity index is 2.33. The van der Waals surface area contributed by atoms with E-state index in [0.717, 1.165) is 0 Å². The van der Waals surface area contributed by atoms with Gasteiger partial charge in [0.25, 0.3) is 5.56 Å². The molecule has 0 aliphatic carbocycles. The molecule has 7 heteroatoms. The highest BCUT2D eigenvalue weighted by Gasteiger charge is 2.21. The number of pyridine rings is 1. The van der Waals surface area contributed by atoms with E-state index in [2.05, 4.69) is 12.6 Å². The second kappa shape index (κ2) is 5.96. The molecule has 2 aromatic carbocycles. The summed E-state index contributed by atoms with van der Waals surface area (Å²) in [7, 11) is 1.52. The minimum absolute atomic E-state index is 0.0140. The fourth-order valence-electron chi connectivity index (χ4n) is 2.97. The lowest BCUT2D eigenvalue weighted by atomic mass is 10.1. The molecule has 0 atom stereocenters. The Hall–Kier alpha value is -3.19. The Morgan fingerprint density at radius 2 is 1.85 bits per heavy atom. The predicted molar refractivity (Wildman–Crippen MR) is 101 cm³/mol. The summed E-state index contributed by atoms with van der Waals surface area (Å²) in [5.41, 5.74) is -0.234. The Morgan fingerprint density at radius 1 is 1.12 bits per heavy atom. The van der Waals surface area contributed by atoms with Crippen LogP contribution in [0.2, 0.25) is 0 Å². The molecule has 0 spiro atoms. The third-order valence-electron chi connectivity index (χ3n) is 4.20. The number of benzene rings is 2. The molecule has 26 heavy (non-hydrogen) atoms. The first kappa shape index (κ1) is 16.3. The maximum absolute atomic E-state index is 13.2. The van der Waals surface area contributed by atoms with Gasteiger partial charge in [-0.2, -0.15) is 0 Å². The van der Waals surface area contributed by atoms with Gasteiger partial charge in [-0.15, -0.1) is 12.6 Å². The van der Waals surface area contributed by atoms with E-state index in [1.54, 1.807) is 42.5 Å². The van der Waals surface area contributed by atoms with Crippen molar-refractivity contribution in [2.45, 2.75) is 4.90 Å². The van der Waals surface area contributed by atoms with Gasteiger partial charge in [0.05, 0.1) is 12.6 Å². The average molecular weight is 367 g/mol. The molecule has 0 fully saturated rings. The van der Waals surface area contributed by atoms with Gasteiger partial charge < -0.3 is 14.3 Å². The molecule has 0 bridgehead atoms. The van der Waals surface area contributed by atoms with Crippen molar-refractivity contribution in [1.29, 1.82) is 0 Å². The van der Waals surface area contributed by atoms with E-state index in [0.29, 0.717) is 22.3 Å². The molecule has 0 amide bonds. The van der Waals surface area contributed by atoms with Crippen LogP contribution in [0.5, 0.6) is 11.5 Å². The Kier molecular flexibility index (Phi) is 3.73. The second-order valence-electron chi connectivity index (χ2n) is 5.65. The molecule has 4 aromatic rings. The van der Waals surface area contributed by atoms with Crippen molar-refractivity contribution in [1.82, 2.24) is 4.57 Å². The topological polar surface area (TPSA) is 81.7 Å². The number of methoxy groups -OCH3 is 1. The number of rotatable bonds is 2. The number of fused-ring (bicyclic) bond motifs is 3. The predicted octanol–water partition coefficient (Wildman–Crippen LogP) is 3.10. The number of aromatic nitrogens is 1. The molecule has 0 aliphatic heterocycles. The number of nitrogens with zero attached hydrogens (tertiary/aromatic N) is 1. The van der Waals surface area contributed by atoms with Gasteiger partial charge in [-0.1, -0.05) is 18.2 Å². The quantitative estimate of drug-likeness (QED) is 0.420. The van der Waals surface area contributed by atoms with E-state index in [4.69, 9.17) is 9.15 Å². The summed E-state index contributed by atoms with van der Waals surface area (Å²) in [6.07, 6.45) is 0. The van der Waals surface area contributed by atoms with Gasteiger partial charge in [-0.25, -0.2) is 4.79 Å². The smallest absolute Gasteiger partial charge is 0.353 e. The van der Waals surface area contributed by atoms with E-state index in [9.17, 15) is 14.7 Å². The summed E-state index contributed by atoms with van der Waals surface area (Å²) in [4.78, 5) is 24.8. The van der Waals surface area contributed by atoms with Crippen LogP contribution in [0.3, 0.4) is 0 Å². The summed E-state index contributed by atoms with van der Waals surface area (Å²) in [5, 5.41) is 10.8. The summed E-state index contributed by atoms with van der Waals surface area (Å²) in [5.74, 6) is 0.0466. The lowest BCUT2D eigenvalue weighted by Crippen LogP contribution is -2.20. The molecule has 2 heterocycles. The number of hydrogen-bond donors (Lipinski definition) is 2. The van der Waals surface area contributed by atoms with Crippen LogP contribution in [0.15, 0.2) is 67.4 Å². The molecule has 2 aromatic heterocycles. The van der Waals surface area contributed by atoms with Crippen LogP contribution in [0.4, 0.5) is 0 Å². The fourth-order valence-corrected chi connectivity index (χ4v) is 3.13. The summed E-state index contributed by atoms with van der Waals surface area (Å²) >= 11 is 3.96. The lowest BCUT2D eigenvalue weighted by Gasteiger charge is -2.14. The highest BCUT2D eigenvalue weighted by Crippen LogP contribution is 2.33. The summed E-state index contributed by atoms with van der Waals surface area (Å²) in [6.45, 7) is 0. The van der Waals surface area contributed by atoms with Gasteiger partial charge in [0.2, 0.25) is 0 Å². The van der Waals surface area contributed by atoms with Crippen LogP contribution < -0.4 is 15.9 Å². The van der Waals surface area contributed by atoms with Crippen LogP contribution in [-0.2, 0) is 0 Å². The SMILES string of the molecule is COc1ccc2c3oc(=O)c(S)c(O)c3c(=O)n(-c3ccccc3)c2c1. The number of hydrogen-bond acceptors (Lipinski definition) is 6. The zero-order chi connectivity index (χ0) is 18.4. The largest absolute Gasteiger partial charge is 0.506 e. The van der Waals surface area contributed by atoms with Gasteiger partial charge in [0.1, 0.15) is 16.0 Å². The molecule has 130 valence electrons.